The second-order valence-corrected chi connectivity index (χ2v) is 1.80. The number of hydrogen-bond acceptors (Lipinski definition) is 4. The van der Waals surface area contributed by atoms with Crippen LogP contribution in [0.4, 0.5) is 0 Å². The first-order valence-electron chi connectivity index (χ1n) is 0.894. The molecule has 0 aromatic heterocycles. The second-order valence-electron chi connectivity index (χ2n) is 0.600. The quantitative estimate of drug-likeness (QED) is 0.331. The van der Waals surface area contributed by atoms with Gasteiger partial charge in [-0.05, 0) is 0 Å². The van der Waals surface area contributed by atoms with Gasteiger partial charge in [0.2, 0.25) is 0 Å². The molecular weight excluding hydrogens is 207 g/mol. The van der Waals surface area contributed by atoms with E-state index in [1.165, 1.54) is 0 Å². The van der Waals surface area contributed by atoms with Gasteiger partial charge in [-0.3, -0.25) is 0 Å². The molecule has 7 heavy (non-hydrogen) atoms. The molecule has 7 heteroatoms. The summed E-state index contributed by atoms with van der Waals surface area (Å²) in [6.45, 7) is 0. The van der Waals surface area contributed by atoms with Crippen LogP contribution >= 0.6 is 0 Å². The van der Waals surface area contributed by atoms with Gasteiger partial charge in [0.25, 0.3) is 0 Å². The average molecular weight is 211 g/mol. The van der Waals surface area contributed by atoms with Gasteiger partial charge in [0, 0.05) is 33.8 Å². The molecule has 0 saturated carbocycles. The summed E-state index contributed by atoms with van der Waals surface area (Å²) < 4.78 is 0. The first kappa shape index (κ1) is 15.7. The van der Waals surface area contributed by atoms with Crippen molar-refractivity contribution in [1.82, 2.24) is 0 Å². The SMILES string of the molecule is O[Si](O)(O)O.[Co].[Fe]. The van der Waals surface area contributed by atoms with Crippen molar-refractivity contribution in [3.05, 3.63) is 0 Å². The molecule has 0 rings (SSSR count). The molecule has 0 saturated heterocycles. The Labute approximate surface area is 62.3 Å². The fourth-order valence-electron chi connectivity index (χ4n) is 0. The molecule has 0 bridgehead atoms. The van der Waals surface area contributed by atoms with Gasteiger partial charge in [0.05, 0.1) is 0 Å². The van der Waals surface area contributed by atoms with E-state index in [0.29, 0.717) is 0 Å². The van der Waals surface area contributed by atoms with E-state index in [2.05, 4.69) is 0 Å². The minimum Gasteiger partial charge on any atom is -0.368 e. The van der Waals surface area contributed by atoms with E-state index in [4.69, 9.17) is 19.2 Å². The largest absolute Gasteiger partial charge is 0.668 e. The first-order chi connectivity index (χ1) is 2.00. The molecule has 0 spiro atoms. The van der Waals surface area contributed by atoms with Crippen LogP contribution in [0.25, 0.3) is 0 Å². The summed E-state index contributed by atoms with van der Waals surface area (Å²) in [5, 5.41) is 0. The van der Waals surface area contributed by atoms with Crippen molar-refractivity contribution in [3.63, 3.8) is 0 Å². The summed E-state index contributed by atoms with van der Waals surface area (Å²) in [5.74, 6) is 0. The molecule has 0 aromatic carbocycles. The van der Waals surface area contributed by atoms with Gasteiger partial charge in [-0.15, -0.1) is 0 Å². The van der Waals surface area contributed by atoms with Crippen LogP contribution < -0.4 is 0 Å². The van der Waals surface area contributed by atoms with Crippen LogP contribution in [0.5, 0.6) is 0 Å². The van der Waals surface area contributed by atoms with E-state index in [9.17, 15) is 0 Å². The molecule has 0 aromatic rings. The van der Waals surface area contributed by atoms with Crippen molar-refractivity contribution >= 4 is 9.05 Å². The molecule has 49 valence electrons. The van der Waals surface area contributed by atoms with Crippen molar-refractivity contribution in [2.45, 2.75) is 0 Å². The smallest absolute Gasteiger partial charge is 0.368 e. The third-order valence-corrected chi connectivity index (χ3v) is 0. The Morgan fingerprint density at radius 1 is 0.857 bits per heavy atom. The van der Waals surface area contributed by atoms with Crippen LogP contribution in [0, 0.1) is 0 Å². The monoisotopic (exact) mass is 211 g/mol. The maximum absolute atomic E-state index is 7.33. The minimum absolute atomic E-state index is 0. The fraction of sp³-hybridized carbons (Fsp3) is 0. The zero-order chi connectivity index (χ0) is 4.50. The third kappa shape index (κ3) is 156. The Balaban J connectivity index is -0.0000000800. The van der Waals surface area contributed by atoms with Crippen molar-refractivity contribution in [2.24, 2.45) is 0 Å². The van der Waals surface area contributed by atoms with Gasteiger partial charge in [-0.2, -0.15) is 0 Å². The molecule has 0 heterocycles. The molecule has 4 nitrogen and oxygen atoms in total. The maximum atomic E-state index is 7.33. The van der Waals surface area contributed by atoms with Crippen LogP contribution in [0.3, 0.4) is 0 Å². The zero-order valence-electron chi connectivity index (χ0n) is 2.98. The number of hydrogen-bond donors (Lipinski definition) is 4. The molecule has 0 aliphatic carbocycles. The van der Waals surface area contributed by atoms with Crippen molar-refractivity contribution in [3.8, 4) is 0 Å². The minimum atomic E-state index is -4.61. The molecule has 0 amide bonds. The summed E-state index contributed by atoms with van der Waals surface area (Å²) in [4.78, 5) is 29.3. The summed E-state index contributed by atoms with van der Waals surface area (Å²) in [5.41, 5.74) is 0. The van der Waals surface area contributed by atoms with Gasteiger partial charge in [0.1, 0.15) is 0 Å². The van der Waals surface area contributed by atoms with E-state index in [1.807, 2.05) is 0 Å². The van der Waals surface area contributed by atoms with Crippen LogP contribution in [-0.2, 0) is 33.8 Å². The molecule has 0 unspecified atom stereocenters. The zero-order valence-corrected chi connectivity index (χ0v) is 6.12. The Morgan fingerprint density at radius 3 is 0.857 bits per heavy atom. The van der Waals surface area contributed by atoms with E-state index in [0.717, 1.165) is 0 Å². The van der Waals surface area contributed by atoms with Gasteiger partial charge < -0.3 is 19.2 Å². The van der Waals surface area contributed by atoms with Crippen molar-refractivity contribution in [1.29, 1.82) is 0 Å². The fourth-order valence-corrected chi connectivity index (χ4v) is 0. The van der Waals surface area contributed by atoms with E-state index >= 15 is 0 Å². The molecule has 4 N–H and O–H groups in total. The molecule has 0 aliphatic heterocycles. The van der Waals surface area contributed by atoms with E-state index in [1.54, 1.807) is 0 Å². The van der Waals surface area contributed by atoms with Crippen LogP contribution in [0.1, 0.15) is 0 Å². The topological polar surface area (TPSA) is 80.9 Å². The van der Waals surface area contributed by atoms with E-state index < -0.39 is 9.05 Å². The third-order valence-electron chi connectivity index (χ3n) is 0. The summed E-state index contributed by atoms with van der Waals surface area (Å²) in [7, 11) is -4.61. The molecular formula is H4CoFeO4Si. The Morgan fingerprint density at radius 2 is 0.857 bits per heavy atom. The van der Waals surface area contributed by atoms with Gasteiger partial charge >= 0.3 is 9.05 Å². The Kier molecular flexibility index (Phi) is 11.7. The maximum Gasteiger partial charge on any atom is 0.668 e. The Hall–Kier alpha value is 1.08. The molecule has 0 fully saturated rings. The normalized spacial score (nSPS) is 8.57. The molecule has 0 atom stereocenters. The van der Waals surface area contributed by atoms with Crippen molar-refractivity contribution in [2.75, 3.05) is 0 Å². The molecule has 1 radical (unpaired) electrons. The van der Waals surface area contributed by atoms with Crippen LogP contribution in [-0.4, -0.2) is 28.2 Å². The summed E-state index contributed by atoms with van der Waals surface area (Å²) >= 11 is 0. The standard InChI is InChI=1S/Co.Fe.H4O4Si/c;;1-5(2,3)4/h;;1-4H. The predicted octanol–water partition coefficient (Wildman–Crippen LogP) is -2.61. The summed E-state index contributed by atoms with van der Waals surface area (Å²) in [6.07, 6.45) is 0. The predicted molar refractivity (Wildman–Crippen MR) is 14.6 cm³/mol. The van der Waals surface area contributed by atoms with Crippen molar-refractivity contribution < 1.29 is 53.0 Å². The molecule has 0 aliphatic rings. The first-order valence-corrected chi connectivity index (χ1v) is 2.68. The van der Waals surface area contributed by atoms with Gasteiger partial charge in [-0.1, -0.05) is 0 Å². The second kappa shape index (κ2) is 5.22. The van der Waals surface area contributed by atoms with Crippen LogP contribution in [0.2, 0.25) is 0 Å². The summed E-state index contributed by atoms with van der Waals surface area (Å²) in [6, 6.07) is 0. The number of rotatable bonds is 0. The van der Waals surface area contributed by atoms with E-state index in [-0.39, 0.29) is 33.8 Å². The van der Waals surface area contributed by atoms with Gasteiger partial charge in [-0.25, -0.2) is 0 Å². The van der Waals surface area contributed by atoms with Crippen LogP contribution in [0.15, 0.2) is 0 Å². The average Bonchev–Trinajstić information content (AvgIpc) is 0.722. The van der Waals surface area contributed by atoms with Gasteiger partial charge in [0.15, 0.2) is 0 Å². The Bertz CT molecular complexity index is 27.2.